The Bertz CT molecular complexity index is 2220. The van der Waals surface area contributed by atoms with Crippen molar-refractivity contribution in [2.45, 2.75) is 90.5 Å². The number of anilines is 1. The third-order valence-corrected chi connectivity index (χ3v) is 12.4. The molecule has 3 heterocycles. The smallest absolute Gasteiger partial charge is 0.280 e. The number of benzene rings is 3. The minimum absolute atomic E-state index is 0.00387. The van der Waals surface area contributed by atoms with Crippen LogP contribution >= 0.6 is 8.53 Å². The third kappa shape index (κ3) is 9.71. The van der Waals surface area contributed by atoms with E-state index >= 15 is 0 Å². The van der Waals surface area contributed by atoms with Crippen LogP contribution in [-0.2, 0) is 28.9 Å². The fourth-order valence-electron chi connectivity index (χ4n) is 7.28. The molecular weight excluding hydrogens is 799 g/mol. The number of aromatic amines is 1. The van der Waals surface area contributed by atoms with Crippen LogP contribution in [0, 0.1) is 17.2 Å². The topological polar surface area (TPSA) is 175 Å². The molecule has 1 saturated heterocycles. The van der Waals surface area contributed by atoms with Gasteiger partial charge in [0.05, 0.1) is 52.4 Å². The van der Waals surface area contributed by atoms with Crippen molar-refractivity contribution >= 4 is 31.5 Å². The van der Waals surface area contributed by atoms with Gasteiger partial charge in [-0.25, -0.2) is 9.65 Å². The number of nitriles is 1. The molecule has 1 amide bonds. The second-order valence-electron chi connectivity index (χ2n) is 15.3. The summed E-state index contributed by atoms with van der Waals surface area (Å²) in [5, 5.41) is 12.1. The number of ether oxygens (including phenoxy) is 4. The van der Waals surface area contributed by atoms with Crippen molar-refractivity contribution in [1.82, 2.24) is 24.2 Å². The summed E-state index contributed by atoms with van der Waals surface area (Å²) in [4.78, 5) is 37.4. The first-order chi connectivity index (χ1) is 28.9. The standard InChI is InChI=1S/C44H54N7O8P/c1-28(2)41(52)48-43-47-40-39(42(53)49-43)46-27-50(40)38-25-36(59-60(57-24-12-23-45)51(29(3)4)30(5)6)37(58-38)26-56-44(31-13-10-9-11-14-31,32-15-19-34(54-7)20-16-32)33-17-21-35(55-8)22-18-33/h9-11,13-22,27-30,36-38H,12,24-26H2,1-8H3,(H2,47,48,49,52,53)/t36-,37+,38+,60?/m0/s1/i25+1,26+1,27+1,36+1,37+1,38+1,39+1,40+1,42+1,43+1,46+1,47+1,49+1,50+1. The lowest BCUT2D eigenvalue weighted by molar-refractivity contribution is -0.118. The van der Waals surface area contributed by atoms with Gasteiger partial charge in [-0.2, -0.15) is 10.2 Å². The molecule has 1 unspecified atom stereocenters. The van der Waals surface area contributed by atoms with Gasteiger partial charge in [-0.1, -0.05) is 68.4 Å². The highest BCUT2D eigenvalue weighted by Crippen LogP contribution is 2.51. The van der Waals surface area contributed by atoms with E-state index in [1.807, 2.05) is 78.9 Å². The van der Waals surface area contributed by atoms with E-state index in [0.717, 1.165) is 16.7 Å². The monoisotopic (exact) mass is 853 g/mol. The highest BCUT2D eigenvalue weighted by molar-refractivity contribution is 7.44. The molecule has 16 heteroatoms. The highest BCUT2D eigenvalue weighted by Gasteiger charge is 2.45. The van der Waals surface area contributed by atoms with Crippen LogP contribution < -0.4 is 20.3 Å². The molecule has 0 radical (unpaired) electrons. The second-order valence-corrected chi connectivity index (χ2v) is 16.7. The Hall–Kier alpha value is -5.20. The van der Waals surface area contributed by atoms with Crippen LogP contribution in [0.5, 0.6) is 11.5 Å². The number of hydrogen-bond acceptors (Lipinski definition) is 12. The van der Waals surface area contributed by atoms with E-state index in [0.29, 0.717) is 17.9 Å². The minimum Gasteiger partial charge on any atom is -0.497 e. The Kier molecular flexibility index (Phi) is 14.7. The molecule has 1 fully saturated rings. The summed E-state index contributed by atoms with van der Waals surface area (Å²) >= 11 is 0. The molecular formula is C44H54N7O8P. The van der Waals surface area contributed by atoms with E-state index < -0.39 is 38.1 Å². The second kappa shape index (κ2) is 19.9. The number of carbonyl (C=O) groups is 1. The molecule has 0 aliphatic carbocycles. The molecule has 1 aliphatic rings. The zero-order valence-corrected chi connectivity index (χ0v) is 36.2. The van der Waals surface area contributed by atoms with Gasteiger partial charge in [0.2, 0.25) is 11.9 Å². The molecule has 0 saturated carbocycles. The predicted octanol–water partition coefficient (Wildman–Crippen LogP) is 7.69. The largest absolute Gasteiger partial charge is 0.497 e. The van der Waals surface area contributed by atoms with Gasteiger partial charge in [0.25, 0.3) is 14.1 Å². The number of imidazole rings is 1. The van der Waals surface area contributed by atoms with Crippen molar-refractivity contribution in [3.63, 3.8) is 0 Å². The number of fused-ring (bicyclic) bond motifs is 1. The molecule has 0 bridgehead atoms. The Morgan fingerprint density at radius 2 is 1.57 bits per heavy atom. The average molecular weight is 854 g/mol. The third-order valence-electron chi connectivity index (χ3n) is 10.2. The number of amides is 1. The van der Waals surface area contributed by atoms with Crippen LogP contribution in [0.25, 0.3) is 11.2 Å². The van der Waals surface area contributed by atoms with Crippen LogP contribution in [0.3, 0.4) is 0 Å². The molecule has 5 aromatic rings. The maximum atomic E-state index is 13.2. The van der Waals surface area contributed by atoms with Crippen molar-refractivity contribution in [2.24, 2.45) is 5.92 Å². The van der Waals surface area contributed by atoms with Gasteiger partial charge in [0, 0.05) is 24.4 Å². The van der Waals surface area contributed by atoms with E-state index in [2.05, 4.69) is 58.7 Å². The molecule has 60 heavy (non-hydrogen) atoms. The van der Waals surface area contributed by atoms with Crippen molar-refractivity contribution in [3.05, 3.63) is 112 Å². The van der Waals surface area contributed by atoms with Gasteiger partial charge in [0.15, 0.2) is 11.2 Å². The quantitative estimate of drug-likeness (QED) is 0.0359. The van der Waals surface area contributed by atoms with Gasteiger partial charge >= 0.3 is 0 Å². The summed E-state index contributed by atoms with van der Waals surface area (Å²) in [6.07, 6.45) is -0.0106. The number of rotatable bonds is 19. The first-order valence-corrected chi connectivity index (χ1v) is 21.2. The van der Waals surface area contributed by atoms with Crippen molar-refractivity contribution < 1.29 is 32.8 Å². The fourth-order valence-corrected chi connectivity index (χ4v) is 9.04. The molecule has 1 aliphatic heterocycles. The van der Waals surface area contributed by atoms with Gasteiger partial charge in [-0.05, 0) is 68.7 Å². The number of methoxy groups -OCH3 is 2. The molecule has 0 spiro atoms. The van der Waals surface area contributed by atoms with E-state index in [-0.39, 0.29) is 60.7 Å². The number of aromatic nitrogens is 4. The maximum absolute atomic E-state index is 13.2. The van der Waals surface area contributed by atoms with Crippen molar-refractivity contribution in [2.75, 3.05) is 32.8 Å². The van der Waals surface area contributed by atoms with Crippen LogP contribution in [0.1, 0.15) is 77.3 Å². The Labute approximate surface area is 351 Å². The van der Waals surface area contributed by atoms with Crippen LogP contribution in [0.15, 0.2) is 90.0 Å². The lowest BCUT2D eigenvalue weighted by Crippen LogP contribution is -2.39. The number of H-pyrrole nitrogens is 1. The summed E-state index contributed by atoms with van der Waals surface area (Å²) in [5.41, 5.74) is 1.24. The molecule has 2 N–H and O–H groups in total. The van der Waals surface area contributed by atoms with E-state index in [4.69, 9.17) is 28.0 Å². The molecule has 3 aromatic carbocycles. The molecule has 15 nitrogen and oxygen atoms in total. The van der Waals surface area contributed by atoms with Gasteiger partial charge < -0.3 is 28.0 Å². The van der Waals surface area contributed by atoms with E-state index in [9.17, 15) is 14.9 Å². The zero-order chi connectivity index (χ0) is 43.0. The zero-order valence-electron chi connectivity index (χ0n) is 35.3. The van der Waals surface area contributed by atoms with E-state index in [1.165, 1.54) is 6.33 Å². The average Bonchev–Trinajstić information content (AvgIpc) is 3.85. The molecule has 6 rings (SSSR count). The summed E-state index contributed by atoms with van der Waals surface area (Å²) in [6, 6.07) is 27.8. The van der Waals surface area contributed by atoms with Crippen molar-refractivity contribution in [3.8, 4) is 17.6 Å². The maximum Gasteiger partial charge on any atom is 0.280 e. The lowest BCUT2D eigenvalue weighted by Gasteiger charge is -2.39. The Morgan fingerprint density at radius 3 is 2.12 bits per heavy atom. The molecule has 2 aromatic heterocycles. The molecule has 318 valence electrons. The van der Waals surface area contributed by atoms with Gasteiger partial charge in [-0.15, -0.1) is 0 Å². The first-order valence-electron chi connectivity index (χ1n) is 20.1. The Morgan fingerprint density at radius 1 is 0.967 bits per heavy atom. The number of hydrogen-bond donors (Lipinski definition) is 2. The van der Waals surface area contributed by atoms with Gasteiger partial charge in [0.1, 0.15) is 29.4 Å². The minimum atomic E-state index is -1.70. The predicted molar refractivity (Wildman–Crippen MR) is 228 cm³/mol. The van der Waals surface area contributed by atoms with Gasteiger partial charge in [-0.3, -0.25) is 24.5 Å². The van der Waals surface area contributed by atoms with Crippen molar-refractivity contribution in [1.29, 1.82) is 5.26 Å². The number of nitrogens with zero attached hydrogens (tertiary/aromatic N) is 5. The first kappa shape index (κ1) is 44.4. The van der Waals surface area contributed by atoms with E-state index in [1.54, 1.807) is 32.6 Å². The lowest BCUT2D eigenvalue weighted by atomic mass is 9.80. The van der Waals surface area contributed by atoms with Crippen LogP contribution in [0.4, 0.5) is 5.95 Å². The Balaban J connectivity index is 1.45. The normalized spacial score (nSPS) is 17.4. The summed E-state index contributed by atoms with van der Waals surface area (Å²) in [6.45, 7) is 12.0. The summed E-state index contributed by atoms with van der Waals surface area (Å²) in [7, 11) is 1.56. The summed E-state index contributed by atoms with van der Waals surface area (Å²) < 4.78 is 42.5. The van der Waals surface area contributed by atoms with Crippen LogP contribution in [-0.4, -0.2) is 81.8 Å². The number of carbonyl (C=O) groups excluding carboxylic acids is 1. The SMILES string of the molecule is COc1ccc(C(O[13CH2][13C@H]2O[13C@@H]([15n]3[13cH][15n][13c]4[13c](=O)[15nH][13c](NC(=O)C(C)C)[15n][13c]43)[13CH2][13C@@H]2OP(OCCC#N)N(C(C)C)C(C)C)(c2ccccc2)c2ccc(OC)cc2)cc1. The highest BCUT2D eigenvalue weighted by atomic mass is 31.2. The summed E-state index contributed by atoms with van der Waals surface area (Å²) in [5.74, 6) is 0.758. The van der Waals surface area contributed by atoms with Crippen LogP contribution in [0.2, 0.25) is 0 Å². The number of nitrogens with one attached hydrogen (secondary N) is 2. The fraction of sp³-hybridized carbons (Fsp3) is 0.432. The molecule has 4 atom stereocenters.